The van der Waals surface area contributed by atoms with E-state index < -0.39 is 0 Å². The van der Waals surface area contributed by atoms with Crippen LogP contribution in [0.15, 0.2) is 24.3 Å². The monoisotopic (exact) mass is 303 g/mol. The van der Waals surface area contributed by atoms with Crippen molar-refractivity contribution in [1.29, 1.82) is 0 Å². The Morgan fingerprint density at radius 1 is 1.23 bits per heavy atom. The van der Waals surface area contributed by atoms with Gasteiger partial charge >= 0.3 is 0 Å². The van der Waals surface area contributed by atoms with Crippen molar-refractivity contribution in [3.05, 3.63) is 35.4 Å². The van der Waals surface area contributed by atoms with Crippen molar-refractivity contribution in [2.75, 3.05) is 19.8 Å². The average Bonchev–Trinajstić information content (AvgIpc) is 2.79. The van der Waals surface area contributed by atoms with Crippen molar-refractivity contribution in [2.24, 2.45) is 5.92 Å². The lowest BCUT2D eigenvalue weighted by molar-refractivity contribution is -0.168. The number of fused-ring (bicyclic) bond motifs is 1. The number of carbonyl (C=O) groups is 2. The first-order valence-corrected chi connectivity index (χ1v) is 7.85. The lowest BCUT2D eigenvalue weighted by Gasteiger charge is -2.25. The minimum Gasteiger partial charge on any atom is -0.353 e. The van der Waals surface area contributed by atoms with Crippen LogP contribution in [0.5, 0.6) is 0 Å². The molecule has 1 unspecified atom stereocenters. The van der Waals surface area contributed by atoms with Crippen molar-refractivity contribution >= 4 is 11.8 Å². The predicted octanol–water partition coefficient (Wildman–Crippen LogP) is 2.46. The highest BCUT2D eigenvalue weighted by Crippen LogP contribution is 2.23. The molecule has 118 valence electrons. The SMILES string of the molecule is C[C@H](COC1CCCCO1)CN1C(=O)c2ccccc2C1=O. The van der Waals surface area contributed by atoms with Gasteiger partial charge in [-0.2, -0.15) is 0 Å². The number of hydrogen-bond acceptors (Lipinski definition) is 4. The fourth-order valence-corrected chi connectivity index (χ4v) is 2.88. The van der Waals surface area contributed by atoms with E-state index in [1.54, 1.807) is 24.3 Å². The molecule has 0 N–H and O–H groups in total. The summed E-state index contributed by atoms with van der Waals surface area (Å²) in [5.41, 5.74) is 0.993. The lowest BCUT2D eigenvalue weighted by Crippen LogP contribution is -2.36. The Morgan fingerprint density at radius 2 is 1.91 bits per heavy atom. The quantitative estimate of drug-likeness (QED) is 0.784. The average molecular weight is 303 g/mol. The van der Waals surface area contributed by atoms with Crippen molar-refractivity contribution in [1.82, 2.24) is 4.90 Å². The molecule has 1 saturated heterocycles. The number of nitrogens with zero attached hydrogens (tertiary/aromatic N) is 1. The number of imide groups is 1. The van der Waals surface area contributed by atoms with E-state index in [-0.39, 0.29) is 24.0 Å². The predicted molar refractivity (Wildman–Crippen MR) is 80.5 cm³/mol. The molecule has 0 aliphatic carbocycles. The van der Waals surface area contributed by atoms with Crippen LogP contribution in [0.3, 0.4) is 0 Å². The minimum absolute atomic E-state index is 0.0766. The molecule has 1 fully saturated rings. The number of ether oxygens (including phenoxy) is 2. The van der Waals surface area contributed by atoms with E-state index in [1.807, 2.05) is 6.92 Å². The van der Waals surface area contributed by atoms with Crippen molar-refractivity contribution in [3.8, 4) is 0 Å². The largest absolute Gasteiger partial charge is 0.353 e. The topological polar surface area (TPSA) is 55.8 Å². The van der Waals surface area contributed by atoms with Crippen LogP contribution >= 0.6 is 0 Å². The molecule has 2 amide bonds. The molecule has 2 atom stereocenters. The second-order valence-corrected chi connectivity index (χ2v) is 6.00. The standard InChI is InChI=1S/C17H21NO4/c1-12(11-22-15-8-4-5-9-21-15)10-18-16(19)13-6-2-3-7-14(13)17(18)20/h2-3,6-7,12,15H,4-5,8-11H2,1H3/t12-,15?/m0/s1. The van der Waals surface area contributed by atoms with Gasteiger partial charge in [0.25, 0.3) is 11.8 Å². The molecule has 3 rings (SSSR count). The molecular formula is C17H21NO4. The summed E-state index contributed by atoms with van der Waals surface area (Å²) in [7, 11) is 0. The summed E-state index contributed by atoms with van der Waals surface area (Å²) in [4.78, 5) is 25.9. The van der Waals surface area contributed by atoms with Gasteiger partial charge in [0.2, 0.25) is 0 Å². The molecule has 0 radical (unpaired) electrons. The van der Waals surface area contributed by atoms with Crippen LogP contribution in [-0.2, 0) is 9.47 Å². The summed E-state index contributed by atoms with van der Waals surface area (Å²) in [6.07, 6.45) is 2.99. The zero-order valence-electron chi connectivity index (χ0n) is 12.8. The molecule has 0 bridgehead atoms. The van der Waals surface area contributed by atoms with Crippen molar-refractivity contribution in [2.45, 2.75) is 32.5 Å². The molecule has 1 aromatic rings. The Labute approximate surface area is 130 Å². The van der Waals surface area contributed by atoms with Gasteiger partial charge in [-0.15, -0.1) is 0 Å². The molecule has 2 aliphatic heterocycles. The fourth-order valence-electron chi connectivity index (χ4n) is 2.88. The molecule has 1 aromatic carbocycles. The fraction of sp³-hybridized carbons (Fsp3) is 0.529. The summed E-state index contributed by atoms with van der Waals surface area (Å²) in [6, 6.07) is 6.96. The summed E-state index contributed by atoms with van der Waals surface area (Å²) in [6.45, 7) is 3.58. The number of benzene rings is 1. The van der Waals surface area contributed by atoms with Gasteiger partial charge < -0.3 is 9.47 Å². The summed E-state index contributed by atoms with van der Waals surface area (Å²) < 4.78 is 11.3. The molecular weight excluding hydrogens is 282 g/mol. The molecule has 0 spiro atoms. The maximum atomic E-state index is 12.3. The first kappa shape index (κ1) is 15.2. The van der Waals surface area contributed by atoms with Crippen LogP contribution in [0.25, 0.3) is 0 Å². The third-order valence-electron chi connectivity index (χ3n) is 4.08. The second-order valence-electron chi connectivity index (χ2n) is 6.00. The molecule has 5 heteroatoms. The Balaban J connectivity index is 1.55. The van der Waals surface area contributed by atoms with Crippen LogP contribution in [0.4, 0.5) is 0 Å². The van der Waals surface area contributed by atoms with Gasteiger partial charge in [0, 0.05) is 13.2 Å². The number of hydrogen-bond donors (Lipinski definition) is 0. The highest BCUT2D eigenvalue weighted by atomic mass is 16.7. The Kier molecular flexibility index (Phi) is 4.55. The van der Waals surface area contributed by atoms with Gasteiger partial charge in [0.15, 0.2) is 6.29 Å². The van der Waals surface area contributed by atoms with E-state index in [9.17, 15) is 9.59 Å². The number of amides is 2. The first-order chi connectivity index (χ1) is 10.7. The van der Waals surface area contributed by atoms with E-state index in [2.05, 4.69) is 0 Å². The molecule has 0 saturated carbocycles. The van der Waals surface area contributed by atoms with Crippen LogP contribution in [0.1, 0.15) is 46.9 Å². The van der Waals surface area contributed by atoms with Gasteiger partial charge in [-0.25, -0.2) is 0 Å². The van der Waals surface area contributed by atoms with Gasteiger partial charge in [0.1, 0.15) is 0 Å². The summed E-state index contributed by atoms with van der Waals surface area (Å²) in [5.74, 6) is -0.338. The number of carbonyl (C=O) groups excluding carboxylic acids is 2. The van der Waals surface area contributed by atoms with E-state index >= 15 is 0 Å². The zero-order valence-corrected chi connectivity index (χ0v) is 12.8. The van der Waals surface area contributed by atoms with E-state index in [0.717, 1.165) is 25.9 Å². The Bertz CT molecular complexity index is 531. The zero-order chi connectivity index (χ0) is 15.5. The van der Waals surface area contributed by atoms with Crippen LogP contribution in [0, 0.1) is 5.92 Å². The Hall–Kier alpha value is -1.72. The van der Waals surface area contributed by atoms with Gasteiger partial charge in [0.05, 0.1) is 17.7 Å². The molecule has 0 aromatic heterocycles. The van der Waals surface area contributed by atoms with E-state index in [1.165, 1.54) is 4.90 Å². The number of rotatable bonds is 5. The maximum absolute atomic E-state index is 12.3. The molecule has 2 aliphatic rings. The Morgan fingerprint density at radius 3 is 2.50 bits per heavy atom. The van der Waals surface area contributed by atoms with E-state index in [4.69, 9.17) is 9.47 Å². The highest BCUT2D eigenvalue weighted by molar-refractivity contribution is 6.21. The van der Waals surface area contributed by atoms with Gasteiger partial charge in [-0.05, 0) is 37.3 Å². The van der Waals surface area contributed by atoms with Crippen LogP contribution in [-0.4, -0.2) is 42.8 Å². The maximum Gasteiger partial charge on any atom is 0.261 e. The van der Waals surface area contributed by atoms with Gasteiger partial charge in [-0.3, -0.25) is 14.5 Å². The summed E-state index contributed by atoms with van der Waals surface area (Å²) in [5, 5.41) is 0. The highest BCUT2D eigenvalue weighted by Gasteiger charge is 2.35. The van der Waals surface area contributed by atoms with Crippen LogP contribution < -0.4 is 0 Å². The third-order valence-corrected chi connectivity index (χ3v) is 4.08. The lowest BCUT2D eigenvalue weighted by atomic mass is 10.1. The minimum atomic E-state index is -0.207. The normalized spacial score (nSPS) is 22.8. The first-order valence-electron chi connectivity index (χ1n) is 7.85. The van der Waals surface area contributed by atoms with Crippen LogP contribution in [0.2, 0.25) is 0 Å². The smallest absolute Gasteiger partial charge is 0.261 e. The molecule has 22 heavy (non-hydrogen) atoms. The van der Waals surface area contributed by atoms with E-state index in [0.29, 0.717) is 24.3 Å². The molecule has 5 nitrogen and oxygen atoms in total. The van der Waals surface area contributed by atoms with Crippen molar-refractivity contribution < 1.29 is 19.1 Å². The van der Waals surface area contributed by atoms with Gasteiger partial charge in [-0.1, -0.05) is 19.1 Å². The second kappa shape index (κ2) is 6.58. The third kappa shape index (κ3) is 3.05. The van der Waals surface area contributed by atoms with Crippen molar-refractivity contribution in [3.63, 3.8) is 0 Å². The summed E-state index contributed by atoms with van der Waals surface area (Å²) >= 11 is 0. The molecule has 2 heterocycles.